The zero-order valence-electron chi connectivity index (χ0n) is 16.5. The van der Waals surface area contributed by atoms with E-state index in [1.165, 1.54) is 12.1 Å². The highest BCUT2D eigenvalue weighted by atomic mass is 32.2. The van der Waals surface area contributed by atoms with Crippen molar-refractivity contribution in [2.45, 2.75) is 56.1 Å². The number of benzene rings is 2. The van der Waals surface area contributed by atoms with Gasteiger partial charge in [-0.15, -0.1) is 0 Å². The molecule has 2 aromatic rings. The molecule has 30 heavy (non-hydrogen) atoms. The lowest BCUT2D eigenvalue weighted by atomic mass is 10.00. The van der Waals surface area contributed by atoms with Gasteiger partial charge >= 0.3 is 6.16 Å². The maximum absolute atomic E-state index is 12.7. The molecule has 4 rings (SSSR count). The van der Waals surface area contributed by atoms with Crippen LogP contribution in [0.25, 0.3) is 0 Å². The summed E-state index contributed by atoms with van der Waals surface area (Å²) < 4.78 is 52.9. The third-order valence-electron chi connectivity index (χ3n) is 5.00. The first kappa shape index (κ1) is 20.8. The molecule has 0 saturated carbocycles. The summed E-state index contributed by atoms with van der Waals surface area (Å²) in [4.78, 5) is 11.8. The van der Waals surface area contributed by atoms with E-state index >= 15 is 0 Å². The Kier molecular flexibility index (Phi) is 5.79. The van der Waals surface area contributed by atoms with Crippen LogP contribution in [0.2, 0.25) is 0 Å². The van der Waals surface area contributed by atoms with Gasteiger partial charge < -0.3 is 18.9 Å². The quantitative estimate of drug-likeness (QED) is 0.506. The zero-order valence-corrected chi connectivity index (χ0v) is 17.3. The SMILES string of the molecule is Cc1ccc(S(=O)(=O)O[C@H]2C(C)O[C@@H](OCc3ccccc3)C3OC(=O)O[C@H]32)cc1. The summed E-state index contributed by atoms with van der Waals surface area (Å²) in [5.74, 6) is 0. The van der Waals surface area contributed by atoms with Gasteiger partial charge in [0.15, 0.2) is 18.5 Å². The second-order valence-electron chi connectivity index (χ2n) is 7.25. The summed E-state index contributed by atoms with van der Waals surface area (Å²) in [5.41, 5.74) is 1.83. The van der Waals surface area contributed by atoms with Crippen LogP contribution in [0.1, 0.15) is 18.1 Å². The molecule has 2 saturated heterocycles. The predicted molar refractivity (Wildman–Crippen MR) is 104 cm³/mol. The molecule has 0 radical (unpaired) electrons. The van der Waals surface area contributed by atoms with Gasteiger partial charge in [-0.1, -0.05) is 48.0 Å². The highest BCUT2D eigenvalue weighted by molar-refractivity contribution is 7.86. The topological polar surface area (TPSA) is 97.4 Å². The van der Waals surface area contributed by atoms with E-state index in [0.717, 1.165) is 11.1 Å². The van der Waals surface area contributed by atoms with E-state index in [0.29, 0.717) is 0 Å². The summed E-state index contributed by atoms with van der Waals surface area (Å²) in [6.45, 7) is 3.71. The number of carbonyl (C=O) groups excluding carboxylic acids is 1. The second kappa shape index (κ2) is 8.35. The Hall–Kier alpha value is -2.46. The number of hydrogen-bond acceptors (Lipinski definition) is 8. The van der Waals surface area contributed by atoms with Crippen molar-refractivity contribution >= 4 is 16.3 Å². The Morgan fingerprint density at radius 1 is 0.967 bits per heavy atom. The highest BCUT2D eigenvalue weighted by Crippen LogP contribution is 2.35. The van der Waals surface area contributed by atoms with Gasteiger partial charge in [0, 0.05) is 0 Å². The lowest BCUT2D eigenvalue weighted by Crippen LogP contribution is -2.57. The Bertz CT molecular complexity index is 989. The number of carbonyl (C=O) groups is 1. The molecule has 2 unspecified atom stereocenters. The number of fused-ring (bicyclic) bond motifs is 1. The van der Waals surface area contributed by atoms with Crippen LogP contribution in [0, 0.1) is 6.92 Å². The highest BCUT2D eigenvalue weighted by Gasteiger charge is 2.55. The maximum atomic E-state index is 12.7. The first-order valence-electron chi connectivity index (χ1n) is 9.52. The predicted octanol–water partition coefficient (Wildman–Crippen LogP) is 2.93. The van der Waals surface area contributed by atoms with Crippen molar-refractivity contribution in [3.63, 3.8) is 0 Å². The van der Waals surface area contributed by atoms with E-state index in [9.17, 15) is 13.2 Å². The van der Waals surface area contributed by atoms with Gasteiger partial charge in [0.05, 0.1) is 17.6 Å². The number of aryl methyl sites for hydroxylation is 1. The molecular formula is C21H22O8S. The molecule has 0 aliphatic carbocycles. The van der Waals surface area contributed by atoms with Gasteiger partial charge in [-0.2, -0.15) is 8.42 Å². The molecule has 0 N–H and O–H groups in total. The fourth-order valence-corrected chi connectivity index (χ4v) is 4.55. The number of rotatable bonds is 6. The second-order valence-corrected chi connectivity index (χ2v) is 8.82. The monoisotopic (exact) mass is 434 g/mol. The maximum Gasteiger partial charge on any atom is 0.509 e. The first-order chi connectivity index (χ1) is 14.3. The van der Waals surface area contributed by atoms with Gasteiger partial charge in [-0.3, -0.25) is 4.18 Å². The van der Waals surface area contributed by atoms with E-state index in [4.69, 9.17) is 23.1 Å². The van der Waals surface area contributed by atoms with E-state index in [1.54, 1.807) is 19.1 Å². The molecule has 2 aliphatic rings. The van der Waals surface area contributed by atoms with Crippen LogP contribution in [0.4, 0.5) is 4.79 Å². The minimum absolute atomic E-state index is 0.00421. The molecule has 0 aromatic heterocycles. The summed E-state index contributed by atoms with van der Waals surface area (Å²) >= 11 is 0. The third kappa shape index (κ3) is 4.34. The molecule has 0 spiro atoms. The van der Waals surface area contributed by atoms with Crippen molar-refractivity contribution in [1.29, 1.82) is 0 Å². The van der Waals surface area contributed by atoms with E-state index in [1.807, 2.05) is 37.3 Å². The standard InChI is InChI=1S/C21H22O8S/c1-13-8-10-16(11-9-13)30(23,24)29-17-14(2)26-20(19-18(17)27-21(22)28-19)25-12-15-6-4-3-5-7-15/h3-11,14,17-20H,12H2,1-2H3/t14?,17-,18-,19?,20+/m0/s1. The number of ether oxygens (including phenoxy) is 4. The van der Waals surface area contributed by atoms with Crippen molar-refractivity contribution in [3.8, 4) is 0 Å². The van der Waals surface area contributed by atoms with Crippen LogP contribution < -0.4 is 0 Å². The minimum atomic E-state index is -4.11. The van der Waals surface area contributed by atoms with E-state index in [-0.39, 0.29) is 11.5 Å². The summed E-state index contributed by atoms with van der Waals surface area (Å²) in [5, 5.41) is 0. The van der Waals surface area contributed by atoms with Crippen LogP contribution in [-0.4, -0.2) is 45.3 Å². The largest absolute Gasteiger partial charge is 0.509 e. The van der Waals surface area contributed by atoms with Crippen LogP contribution in [0.3, 0.4) is 0 Å². The smallest absolute Gasteiger partial charge is 0.424 e. The van der Waals surface area contributed by atoms with Crippen LogP contribution in [0.5, 0.6) is 0 Å². The Labute approximate surface area is 174 Å². The fraction of sp³-hybridized carbons (Fsp3) is 0.381. The normalized spacial score (nSPS) is 28.5. The van der Waals surface area contributed by atoms with E-state index in [2.05, 4.69) is 0 Å². The summed E-state index contributed by atoms with van der Waals surface area (Å²) in [6.07, 6.45) is -5.58. The number of hydrogen-bond donors (Lipinski definition) is 0. The Morgan fingerprint density at radius 2 is 1.63 bits per heavy atom. The van der Waals surface area contributed by atoms with Crippen LogP contribution in [0.15, 0.2) is 59.5 Å². The molecule has 9 heteroatoms. The minimum Gasteiger partial charge on any atom is -0.424 e. The molecule has 160 valence electrons. The van der Waals surface area contributed by atoms with Crippen molar-refractivity contribution in [3.05, 3.63) is 65.7 Å². The van der Waals surface area contributed by atoms with Gasteiger partial charge in [0.1, 0.15) is 6.10 Å². The average molecular weight is 434 g/mol. The molecule has 2 aromatic carbocycles. The summed E-state index contributed by atoms with van der Waals surface area (Å²) in [6, 6.07) is 15.7. The van der Waals surface area contributed by atoms with Gasteiger partial charge in [-0.25, -0.2) is 4.79 Å². The molecule has 5 atom stereocenters. The zero-order chi connectivity index (χ0) is 21.3. The molecule has 2 aliphatic heterocycles. The summed E-state index contributed by atoms with van der Waals surface area (Å²) in [7, 11) is -4.11. The van der Waals surface area contributed by atoms with Gasteiger partial charge in [-0.05, 0) is 31.5 Å². The van der Waals surface area contributed by atoms with Crippen LogP contribution >= 0.6 is 0 Å². The van der Waals surface area contributed by atoms with Gasteiger partial charge in [0.2, 0.25) is 0 Å². The average Bonchev–Trinajstić information content (AvgIpc) is 3.11. The third-order valence-corrected chi connectivity index (χ3v) is 6.32. The van der Waals surface area contributed by atoms with Crippen LogP contribution in [-0.2, 0) is 39.9 Å². The van der Waals surface area contributed by atoms with Crippen molar-refractivity contribution < 1.29 is 36.3 Å². The van der Waals surface area contributed by atoms with Crippen molar-refractivity contribution in [2.75, 3.05) is 0 Å². The Morgan fingerprint density at radius 3 is 2.33 bits per heavy atom. The molecule has 2 heterocycles. The molecular weight excluding hydrogens is 412 g/mol. The Balaban J connectivity index is 1.50. The fourth-order valence-electron chi connectivity index (χ4n) is 3.41. The van der Waals surface area contributed by atoms with E-state index < -0.39 is 47.0 Å². The first-order valence-corrected chi connectivity index (χ1v) is 10.9. The van der Waals surface area contributed by atoms with Crippen molar-refractivity contribution in [1.82, 2.24) is 0 Å². The van der Waals surface area contributed by atoms with Gasteiger partial charge in [0.25, 0.3) is 10.1 Å². The molecule has 0 bridgehead atoms. The lowest BCUT2D eigenvalue weighted by molar-refractivity contribution is -0.268. The molecule has 8 nitrogen and oxygen atoms in total. The van der Waals surface area contributed by atoms with Crippen molar-refractivity contribution in [2.24, 2.45) is 0 Å². The molecule has 0 amide bonds. The lowest BCUT2D eigenvalue weighted by Gasteiger charge is -2.38. The molecule has 2 fully saturated rings.